The number of fused-ring (bicyclic) bond motifs is 1. The second kappa shape index (κ2) is 7.88. The van der Waals surface area contributed by atoms with Crippen molar-refractivity contribution in [2.75, 3.05) is 11.4 Å². The number of pyridine rings is 1. The van der Waals surface area contributed by atoms with Crippen molar-refractivity contribution in [3.8, 4) is 0 Å². The van der Waals surface area contributed by atoms with Crippen LogP contribution in [0.15, 0.2) is 58.4 Å². The SMILES string of the molecule is CC(C)NC(=O)c1c[nH]c2ccc(S(=O)(=O)N(C)c3ccc(Cl)cc3)cc2c1=O. The third kappa shape index (κ3) is 4.13. The Morgan fingerprint density at radius 1 is 1.14 bits per heavy atom. The molecule has 0 spiro atoms. The van der Waals surface area contributed by atoms with Crippen molar-refractivity contribution < 1.29 is 13.2 Å². The summed E-state index contributed by atoms with van der Waals surface area (Å²) < 4.78 is 27.2. The molecule has 0 aliphatic rings. The number of nitrogens with one attached hydrogen (secondary N) is 2. The average molecular weight is 434 g/mol. The van der Waals surface area contributed by atoms with E-state index in [1.165, 1.54) is 31.4 Å². The molecule has 1 aromatic heterocycles. The molecule has 7 nitrogen and oxygen atoms in total. The molecule has 0 unspecified atom stereocenters. The molecular formula is C20H20ClN3O4S. The number of H-pyrrole nitrogens is 1. The Labute approximate surface area is 173 Å². The molecule has 0 fully saturated rings. The fourth-order valence-electron chi connectivity index (χ4n) is 2.81. The highest BCUT2D eigenvalue weighted by Gasteiger charge is 2.23. The van der Waals surface area contributed by atoms with Crippen LogP contribution in [0.5, 0.6) is 0 Å². The molecule has 9 heteroatoms. The Morgan fingerprint density at radius 2 is 1.79 bits per heavy atom. The van der Waals surface area contributed by atoms with Gasteiger partial charge in [0.2, 0.25) is 5.43 Å². The first kappa shape index (κ1) is 20.9. The van der Waals surface area contributed by atoms with Crippen molar-refractivity contribution in [1.29, 1.82) is 0 Å². The molecule has 1 amide bonds. The van der Waals surface area contributed by atoms with Gasteiger partial charge in [0, 0.05) is 35.2 Å². The van der Waals surface area contributed by atoms with E-state index in [0.717, 1.165) is 4.31 Å². The Balaban J connectivity index is 2.08. The summed E-state index contributed by atoms with van der Waals surface area (Å²) >= 11 is 5.86. The number of nitrogens with zero attached hydrogens (tertiary/aromatic N) is 1. The number of anilines is 1. The van der Waals surface area contributed by atoms with E-state index in [2.05, 4.69) is 10.3 Å². The van der Waals surface area contributed by atoms with E-state index < -0.39 is 21.4 Å². The molecule has 0 saturated heterocycles. The van der Waals surface area contributed by atoms with E-state index in [0.29, 0.717) is 16.2 Å². The fraction of sp³-hybridized carbons (Fsp3) is 0.200. The third-order valence-electron chi connectivity index (χ3n) is 4.37. The van der Waals surface area contributed by atoms with Crippen LogP contribution in [0, 0.1) is 0 Å². The summed E-state index contributed by atoms with van der Waals surface area (Å²) in [6.45, 7) is 3.56. The number of carbonyl (C=O) groups excluding carboxylic acids is 1. The summed E-state index contributed by atoms with van der Waals surface area (Å²) in [6.07, 6.45) is 1.33. The first-order valence-electron chi connectivity index (χ1n) is 8.82. The van der Waals surface area contributed by atoms with Gasteiger partial charge in [-0.1, -0.05) is 11.6 Å². The van der Waals surface area contributed by atoms with Gasteiger partial charge >= 0.3 is 0 Å². The Hall–Kier alpha value is -2.84. The second-order valence-electron chi connectivity index (χ2n) is 6.82. The molecule has 2 N–H and O–H groups in total. The van der Waals surface area contributed by atoms with Gasteiger partial charge in [-0.25, -0.2) is 8.42 Å². The number of aromatic nitrogens is 1. The van der Waals surface area contributed by atoms with Crippen molar-refractivity contribution >= 4 is 44.1 Å². The van der Waals surface area contributed by atoms with Crippen LogP contribution in [0.3, 0.4) is 0 Å². The summed E-state index contributed by atoms with van der Waals surface area (Å²) in [5.74, 6) is -0.519. The largest absolute Gasteiger partial charge is 0.360 e. The molecule has 0 bridgehead atoms. The van der Waals surface area contributed by atoms with Gasteiger partial charge in [-0.05, 0) is 56.3 Å². The van der Waals surface area contributed by atoms with Gasteiger partial charge in [0.15, 0.2) is 0 Å². The lowest BCUT2D eigenvalue weighted by molar-refractivity contribution is 0.0942. The molecule has 0 saturated carbocycles. The van der Waals surface area contributed by atoms with Gasteiger partial charge in [0.1, 0.15) is 5.56 Å². The summed E-state index contributed by atoms with van der Waals surface area (Å²) in [5, 5.41) is 3.26. The van der Waals surface area contributed by atoms with Crippen LogP contribution >= 0.6 is 11.6 Å². The van der Waals surface area contributed by atoms with Crippen molar-refractivity contribution in [3.63, 3.8) is 0 Å². The second-order valence-corrected chi connectivity index (χ2v) is 9.22. The molecule has 0 atom stereocenters. The van der Waals surface area contributed by atoms with Crippen molar-refractivity contribution in [2.24, 2.45) is 0 Å². The molecule has 152 valence electrons. The van der Waals surface area contributed by atoms with E-state index in [1.54, 1.807) is 38.1 Å². The zero-order valence-corrected chi connectivity index (χ0v) is 17.6. The lowest BCUT2D eigenvalue weighted by atomic mass is 10.1. The third-order valence-corrected chi connectivity index (χ3v) is 6.40. The van der Waals surface area contributed by atoms with Crippen molar-refractivity contribution in [1.82, 2.24) is 10.3 Å². The van der Waals surface area contributed by atoms with Crippen molar-refractivity contribution in [2.45, 2.75) is 24.8 Å². The molecule has 0 radical (unpaired) electrons. The molecule has 1 heterocycles. The highest BCUT2D eigenvalue weighted by molar-refractivity contribution is 7.92. The monoisotopic (exact) mass is 433 g/mol. The van der Waals surface area contributed by atoms with Crippen molar-refractivity contribution in [3.05, 3.63) is 69.5 Å². The number of rotatable bonds is 5. The minimum Gasteiger partial charge on any atom is -0.360 e. The quantitative estimate of drug-likeness (QED) is 0.645. The number of halogens is 1. The van der Waals surface area contributed by atoms with Gasteiger partial charge in [-0.2, -0.15) is 0 Å². The molecule has 2 aromatic carbocycles. The highest BCUT2D eigenvalue weighted by atomic mass is 35.5. The Morgan fingerprint density at radius 3 is 2.41 bits per heavy atom. The van der Waals surface area contributed by atoms with Crippen LogP contribution in [-0.2, 0) is 10.0 Å². The predicted octanol–water partition coefficient (Wildman–Crippen LogP) is 3.14. The number of carbonyl (C=O) groups is 1. The highest BCUT2D eigenvalue weighted by Crippen LogP contribution is 2.25. The van der Waals surface area contributed by atoms with Crippen LogP contribution in [-0.4, -0.2) is 32.4 Å². The number of hydrogen-bond acceptors (Lipinski definition) is 4. The summed E-state index contributed by atoms with van der Waals surface area (Å²) in [6, 6.07) is 10.4. The minimum absolute atomic E-state index is 0.0608. The molecule has 0 aliphatic carbocycles. The molecule has 3 aromatic rings. The number of hydrogen-bond donors (Lipinski definition) is 2. The maximum absolute atomic E-state index is 13.0. The van der Waals surface area contributed by atoms with Crippen LogP contribution in [0.1, 0.15) is 24.2 Å². The maximum atomic E-state index is 13.0. The maximum Gasteiger partial charge on any atom is 0.264 e. The normalized spacial score (nSPS) is 11.6. The van der Waals surface area contributed by atoms with E-state index in [4.69, 9.17) is 11.6 Å². The summed E-state index contributed by atoms with van der Waals surface area (Å²) in [7, 11) is -2.51. The van der Waals surface area contributed by atoms with Crippen LogP contribution < -0.4 is 15.1 Å². The van der Waals surface area contributed by atoms with E-state index in [9.17, 15) is 18.0 Å². The van der Waals surface area contributed by atoms with E-state index in [1.807, 2.05) is 0 Å². The molecule has 3 rings (SSSR count). The number of benzene rings is 2. The van der Waals surface area contributed by atoms with Crippen LogP contribution in [0.25, 0.3) is 10.9 Å². The molecular weight excluding hydrogens is 414 g/mol. The smallest absolute Gasteiger partial charge is 0.264 e. The lowest BCUT2D eigenvalue weighted by Crippen LogP contribution is -2.33. The Kier molecular flexibility index (Phi) is 5.68. The van der Waals surface area contributed by atoms with Gasteiger partial charge in [0.05, 0.1) is 10.6 Å². The minimum atomic E-state index is -3.93. The standard InChI is InChI=1S/C20H20ClN3O4S/c1-12(2)23-20(26)17-11-22-18-9-8-15(10-16(18)19(17)25)29(27,28)24(3)14-6-4-13(21)5-7-14/h4-12H,1-3H3,(H,22,25)(H,23,26). The average Bonchev–Trinajstić information content (AvgIpc) is 2.67. The number of aromatic amines is 1. The number of amides is 1. The first-order valence-corrected chi connectivity index (χ1v) is 10.6. The predicted molar refractivity (Wildman–Crippen MR) is 114 cm³/mol. The van der Waals surface area contributed by atoms with Crippen LogP contribution in [0.4, 0.5) is 5.69 Å². The van der Waals surface area contributed by atoms with Gasteiger partial charge in [0.25, 0.3) is 15.9 Å². The Bertz CT molecular complexity index is 1230. The van der Waals surface area contributed by atoms with E-state index >= 15 is 0 Å². The van der Waals surface area contributed by atoms with Gasteiger partial charge < -0.3 is 10.3 Å². The topological polar surface area (TPSA) is 99.3 Å². The van der Waals surface area contributed by atoms with Gasteiger partial charge in [-0.15, -0.1) is 0 Å². The van der Waals surface area contributed by atoms with Gasteiger partial charge in [-0.3, -0.25) is 13.9 Å². The zero-order valence-electron chi connectivity index (χ0n) is 16.1. The fourth-order valence-corrected chi connectivity index (χ4v) is 4.16. The summed E-state index contributed by atoms with van der Waals surface area (Å²) in [4.78, 5) is 27.9. The lowest BCUT2D eigenvalue weighted by Gasteiger charge is -2.19. The molecule has 29 heavy (non-hydrogen) atoms. The van der Waals surface area contributed by atoms with E-state index in [-0.39, 0.29) is 21.9 Å². The summed E-state index contributed by atoms with van der Waals surface area (Å²) in [5.41, 5.74) is 0.243. The molecule has 0 aliphatic heterocycles. The first-order chi connectivity index (χ1) is 13.6. The zero-order chi connectivity index (χ0) is 21.3. The van der Waals surface area contributed by atoms with Crippen LogP contribution in [0.2, 0.25) is 5.02 Å². The number of sulfonamides is 1.